The van der Waals surface area contributed by atoms with Crippen molar-refractivity contribution in [3.8, 4) is 0 Å². The van der Waals surface area contributed by atoms with Crippen LogP contribution in [0.3, 0.4) is 0 Å². The summed E-state index contributed by atoms with van der Waals surface area (Å²) in [6.07, 6.45) is 11.5. The van der Waals surface area contributed by atoms with E-state index in [1.54, 1.807) is 24.8 Å². The molecule has 0 atom stereocenters. The number of aromatic nitrogens is 2. The number of likely N-dealkylation sites (tertiary alicyclic amines) is 1. The van der Waals surface area contributed by atoms with Gasteiger partial charge < -0.3 is 10.5 Å². The molecule has 0 radical (unpaired) electrons. The van der Waals surface area contributed by atoms with Crippen molar-refractivity contribution in [2.45, 2.75) is 25.7 Å². The van der Waals surface area contributed by atoms with E-state index in [0.717, 1.165) is 26.2 Å². The van der Waals surface area contributed by atoms with E-state index in [9.17, 15) is 0 Å². The SMILES string of the molecule is [Cl][Cu][Cl].[SH+]=C([N-]N=Cc1cnccn1)N1CCCCCC1. The zero-order chi connectivity index (χ0) is 15.3. The Balaban J connectivity index is 0.000000677. The Hall–Kier alpha value is -0.301. The molecule has 5 nitrogen and oxygen atoms in total. The molecule has 0 saturated carbocycles. The first-order valence-electron chi connectivity index (χ1n) is 6.40. The minimum absolute atomic E-state index is 0.678. The Labute approximate surface area is 145 Å². The van der Waals surface area contributed by atoms with Crippen molar-refractivity contribution in [2.24, 2.45) is 5.10 Å². The minimum atomic E-state index is 0.678. The van der Waals surface area contributed by atoms with E-state index in [2.05, 4.69) is 57.8 Å². The molecule has 1 aromatic heterocycles. The fraction of sp³-hybridized carbons (Fsp3) is 0.500. The molecule has 0 spiro atoms. The van der Waals surface area contributed by atoms with Crippen molar-refractivity contribution < 1.29 is 13.1 Å². The zero-order valence-electron chi connectivity index (χ0n) is 11.3. The molecule has 9 heteroatoms. The monoisotopic (exact) mass is 396 g/mol. The third-order valence-electron chi connectivity index (χ3n) is 2.81. The van der Waals surface area contributed by atoms with Gasteiger partial charge in [0, 0.05) is 31.7 Å². The largest absolute Gasteiger partial charge is 0.515 e. The molecule has 1 aromatic rings. The molecule has 0 bridgehead atoms. The zero-order valence-corrected chi connectivity index (χ0v) is 14.6. The number of rotatable bonds is 2. The summed E-state index contributed by atoms with van der Waals surface area (Å²) >= 11 is 5.15. The van der Waals surface area contributed by atoms with Gasteiger partial charge in [0.1, 0.15) is 0 Å². The Bertz CT molecular complexity index is 427. The summed E-state index contributed by atoms with van der Waals surface area (Å²) in [5.74, 6) is 0. The second kappa shape index (κ2) is 12.3. The normalized spacial score (nSPS) is 16.1. The van der Waals surface area contributed by atoms with Crippen molar-refractivity contribution in [1.29, 1.82) is 0 Å². The van der Waals surface area contributed by atoms with Gasteiger partial charge in [-0.15, -0.1) is 0 Å². The van der Waals surface area contributed by atoms with Crippen molar-refractivity contribution >= 4 is 43.7 Å². The first-order chi connectivity index (χ1) is 10.3. The molecule has 1 saturated heterocycles. The van der Waals surface area contributed by atoms with Crippen LogP contribution < -0.4 is 0 Å². The fourth-order valence-corrected chi connectivity index (χ4v) is 2.10. The summed E-state index contributed by atoms with van der Waals surface area (Å²) in [4.78, 5) is 10.2. The molecule has 2 rings (SSSR count). The van der Waals surface area contributed by atoms with Crippen molar-refractivity contribution in [3.05, 3.63) is 29.7 Å². The summed E-state index contributed by atoms with van der Waals surface area (Å²) in [7, 11) is 9.34. The number of hydrogen-bond acceptors (Lipinski definition) is 3. The molecule has 1 fully saturated rings. The standard InChI is InChI=1S/C12H17N5S.2ClH.Cu/c18-12(17-7-3-1-2-4-8-17)16-15-10-11-9-13-5-6-14-11;;;/h5-6,9-10H,1-4,7-8H2,(H,14,16,18);2*1H;/q;;;+2/p-2. The van der Waals surface area contributed by atoms with Crippen LogP contribution in [0.2, 0.25) is 0 Å². The Morgan fingerprint density at radius 2 is 1.95 bits per heavy atom. The van der Waals surface area contributed by atoms with E-state index >= 15 is 0 Å². The number of halogens is 2. The van der Waals surface area contributed by atoms with E-state index < -0.39 is 0 Å². The van der Waals surface area contributed by atoms with Gasteiger partial charge in [-0.3, -0.25) is 9.97 Å². The van der Waals surface area contributed by atoms with E-state index in [-0.39, 0.29) is 0 Å². The van der Waals surface area contributed by atoms with Crippen LogP contribution in [0.1, 0.15) is 31.4 Å². The molecule has 0 unspecified atom stereocenters. The topological polar surface area (TPSA) is 55.5 Å². The van der Waals surface area contributed by atoms with Gasteiger partial charge in [-0.2, -0.15) is 0 Å². The third kappa shape index (κ3) is 8.66. The first-order valence-corrected chi connectivity index (χ1v) is 9.44. The van der Waals surface area contributed by atoms with Crippen molar-refractivity contribution in [3.63, 3.8) is 0 Å². The van der Waals surface area contributed by atoms with E-state index in [4.69, 9.17) is 0 Å². The quantitative estimate of drug-likeness (QED) is 0.192. The number of hydrogen-bond donors (Lipinski definition) is 0. The van der Waals surface area contributed by atoms with Crippen LogP contribution in [0.25, 0.3) is 5.43 Å². The van der Waals surface area contributed by atoms with Gasteiger partial charge in [0.2, 0.25) is 0 Å². The van der Waals surface area contributed by atoms with E-state index in [1.807, 2.05) is 0 Å². The molecule has 0 aromatic carbocycles. The Kier molecular flexibility index (Phi) is 10.9. The summed E-state index contributed by atoms with van der Waals surface area (Å²) < 4.78 is 0. The molecule has 0 N–H and O–H groups in total. The molecule has 0 amide bonds. The predicted molar refractivity (Wildman–Crippen MR) is 88.5 cm³/mol. The molecule has 121 valence electrons. The van der Waals surface area contributed by atoms with E-state index in [0.29, 0.717) is 10.8 Å². The van der Waals surface area contributed by atoms with Gasteiger partial charge in [0.15, 0.2) is 17.3 Å². The molecule has 2 heterocycles. The second-order valence-electron chi connectivity index (χ2n) is 4.22. The van der Waals surface area contributed by atoms with Gasteiger partial charge in [0.05, 0.1) is 11.9 Å². The van der Waals surface area contributed by atoms with Crippen molar-refractivity contribution in [1.82, 2.24) is 14.9 Å². The van der Waals surface area contributed by atoms with Gasteiger partial charge >= 0.3 is 33.3 Å². The van der Waals surface area contributed by atoms with Crippen LogP contribution in [0.15, 0.2) is 23.7 Å². The van der Waals surface area contributed by atoms with Crippen molar-refractivity contribution in [2.75, 3.05) is 13.1 Å². The summed E-state index contributed by atoms with van der Waals surface area (Å²) in [6, 6.07) is 0. The van der Waals surface area contributed by atoms with Crippen LogP contribution in [0, 0.1) is 0 Å². The maximum Gasteiger partial charge on any atom is 0.189 e. The molecular weight excluding hydrogens is 381 g/mol. The van der Waals surface area contributed by atoms with Crippen LogP contribution in [0.4, 0.5) is 0 Å². The maximum atomic E-state index is 4.67. The van der Waals surface area contributed by atoms with Gasteiger partial charge in [-0.25, -0.2) is 4.90 Å². The summed E-state index contributed by atoms with van der Waals surface area (Å²) in [5, 5.41) is 4.67. The predicted octanol–water partition coefficient (Wildman–Crippen LogP) is 2.80. The second-order valence-corrected chi connectivity index (χ2v) is 6.17. The molecule has 1 aliphatic rings. The average molecular weight is 398 g/mol. The molecular formula is C12H17Cl2CuN5S. The number of thiol groups is 1. The smallest absolute Gasteiger partial charge is 0.189 e. The molecule has 0 aliphatic carbocycles. The summed E-state index contributed by atoms with van der Waals surface area (Å²) in [6.45, 7) is 2.03. The minimum Gasteiger partial charge on any atom is -0.515 e. The Morgan fingerprint density at radius 3 is 2.52 bits per heavy atom. The van der Waals surface area contributed by atoms with Gasteiger partial charge in [-0.1, -0.05) is 12.8 Å². The van der Waals surface area contributed by atoms with Gasteiger partial charge in [-0.05, 0) is 12.8 Å². The first kappa shape index (κ1) is 18.7. The summed E-state index contributed by atoms with van der Waals surface area (Å²) in [5.41, 5.74) is 4.79. The van der Waals surface area contributed by atoms with Gasteiger partial charge in [0.25, 0.3) is 0 Å². The van der Waals surface area contributed by atoms with Crippen LogP contribution in [-0.4, -0.2) is 39.3 Å². The van der Waals surface area contributed by atoms with Crippen LogP contribution in [-0.2, 0) is 25.4 Å². The van der Waals surface area contributed by atoms with E-state index in [1.165, 1.54) is 25.7 Å². The van der Waals surface area contributed by atoms with Crippen LogP contribution in [0.5, 0.6) is 0 Å². The Morgan fingerprint density at radius 1 is 1.29 bits per heavy atom. The fourth-order valence-electron chi connectivity index (χ4n) is 1.85. The van der Waals surface area contributed by atoms with Crippen LogP contribution >= 0.6 is 20.2 Å². The third-order valence-corrected chi connectivity index (χ3v) is 3.18. The average Bonchev–Trinajstić information content (AvgIpc) is 2.78. The maximum absolute atomic E-state index is 4.67. The molecule has 21 heavy (non-hydrogen) atoms. The number of nitrogens with zero attached hydrogens (tertiary/aromatic N) is 5. The molecule has 1 aliphatic heterocycles.